The number of nitrogens with one attached hydrogen (secondary N) is 2. The minimum absolute atomic E-state index is 0.0120. The number of nitrogens with zero attached hydrogens (tertiary/aromatic N) is 1. The summed E-state index contributed by atoms with van der Waals surface area (Å²) in [5.41, 5.74) is 1.36. The number of sulfonamides is 1. The second kappa shape index (κ2) is 10.2. The molecule has 33 heavy (non-hydrogen) atoms. The molecule has 1 amide bonds. The summed E-state index contributed by atoms with van der Waals surface area (Å²) >= 11 is 0. The predicted octanol–water partition coefficient (Wildman–Crippen LogP) is 3.44. The third-order valence-corrected chi connectivity index (χ3v) is 6.37. The zero-order chi connectivity index (χ0) is 24.0. The molecule has 10 heteroatoms. The van der Waals surface area contributed by atoms with Gasteiger partial charge in [-0.2, -0.15) is 4.72 Å². The third-order valence-electron chi connectivity index (χ3n) is 4.90. The molecular weight excluding hydrogens is 446 g/mol. The summed E-state index contributed by atoms with van der Waals surface area (Å²) in [4.78, 5) is 23.5. The first-order valence-electron chi connectivity index (χ1n) is 9.96. The van der Waals surface area contributed by atoms with E-state index in [9.17, 15) is 23.3 Å². The summed E-state index contributed by atoms with van der Waals surface area (Å²) in [6.07, 6.45) is 0.0793. The highest BCUT2D eigenvalue weighted by Crippen LogP contribution is 2.22. The van der Waals surface area contributed by atoms with Crippen molar-refractivity contribution >= 4 is 27.3 Å². The SMILES string of the molecule is COc1ccc(S(=O)(=O)N[C@@H](Cc2ccccc2)C(=O)Nc2cccc([N+](=O)[O-])c2)cc1C. The number of benzene rings is 3. The van der Waals surface area contributed by atoms with Crippen LogP contribution in [0.3, 0.4) is 0 Å². The zero-order valence-electron chi connectivity index (χ0n) is 18.0. The standard InChI is InChI=1S/C23H23N3O6S/c1-16-13-20(11-12-22(16)32-2)33(30,31)25-21(14-17-7-4-3-5-8-17)23(27)24-18-9-6-10-19(15-18)26(28)29/h3-13,15,21,25H,14H2,1-2H3,(H,24,27)/t21-/m0/s1. The van der Waals surface area contributed by atoms with Crippen molar-refractivity contribution in [1.29, 1.82) is 0 Å². The van der Waals surface area contributed by atoms with Gasteiger partial charge in [0.25, 0.3) is 5.69 Å². The van der Waals surface area contributed by atoms with Gasteiger partial charge < -0.3 is 10.1 Å². The first kappa shape index (κ1) is 23.9. The molecule has 0 aliphatic rings. The molecule has 0 unspecified atom stereocenters. The fourth-order valence-corrected chi connectivity index (χ4v) is 4.52. The Balaban J connectivity index is 1.89. The second-order valence-corrected chi connectivity index (χ2v) is 9.01. The van der Waals surface area contributed by atoms with Gasteiger partial charge in [0.05, 0.1) is 16.9 Å². The Morgan fingerprint density at radius 3 is 2.42 bits per heavy atom. The normalized spacial score (nSPS) is 12.1. The van der Waals surface area contributed by atoms with E-state index in [1.54, 1.807) is 37.3 Å². The number of non-ortho nitro benzene ring substituents is 1. The number of hydrogen-bond donors (Lipinski definition) is 2. The molecule has 0 aliphatic heterocycles. The fraction of sp³-hybridized carbons (Fsp3) is 0.174. The van der Waals surface area contributed by atoms with Gasteiger partial charge in [-0.05, 0) is 48.7 Å². The van der Waals surface area contributed by atoms with Crippen molar-refractivity contribution in [2.24, 2.45) is 0 Å². The molecule has 0 spiro atoms. The highest BCUT2D eigenvalue weighted by atomic mass is 32.2. The molecule has 0 saturated heterocycles. The molecule has 9 nitrogen and oxygen atoms in total. The van der Waals surface area contributed by atoms with Crippen LogP contribution in [-0.4, -0.2) is 32.4 Å². The fourth-order valence-electron chi connectivity index (χ4n) is 3.24. The van der Waals surface area contributed by atoms with E-state index < -0.39 is 26.9 Å². The summed E-state index contributed by atoms with van der Waals surface area (Å²) < 4.78 is 33.8. The van der Waals surface area contributed by atoms with Gasteiger partial charge >= 0.3 is 0 Å². The van der Waals surface area contributed by atoms with Crippen LogP contribution in [-0.2, 0) is 21.2 Å². The predicted molar refractivity (Wildman–Crippen MR) is 124 cm³/mol. The number of methoxy groups -OCH3 is 1. The Hall–Kier alpha value is -3.76. The van der Waals surface area contributed by atoms with Gasteiger partial charge in [-0.3, -0.25) is 14.9 Å². The van der Waals surface area contributed by atoms with Crippen LogP contribution in [0.4, 0.5) is 11.4 Å². The molecule has 3 aromatic rings. The molecular formula is C23H23N3O6S. The van der Waals surface area contributed by atoms with Crippen LogP contribution in [0.5, 0.6) is 5.75 Å². The lowest BCUT2D eigenvalue weighted by Gasteiger charge is -2.19. The molecule has 0 aliphatic carbocycles. The summed E-state index contributed by atoms with van der Waals surface area (Å²) in [5, 5.41) is 13.6. The Morgan fingerprint density at radius 1 is 1.06 bits per heavy atom. The topological polar surface area (TPSA) is 128 Å². The van der Waals surface area contributed by atoms with E-state index in [4.69, 9.17) is 4.74 Å². The van der Waals surface area contributed by atoms with Crippen molar-refractivity contribution in [2.45, 2.75) is 24.3 Å². The van der Waals surface area contributed by atoms with Crippen LogP contribution in [0.25, 0.3) is 0 Å². The van der Waals surface area contributed by atoms with Crippen LogP contribution in [0, 0.1) is 17.0 Å². The molecule has 0 bridgehead atoms. The second-order valence-electron chi connectivity index (χ2n) is 7.29. The number of carbonyl (C=O) groups is 1. The van der Waals surface area contributed by atoms with E-state index >= 15 is 0 Å². The monoisotopic (exact) mass is 469 g/mol. The van der Waals surface area contributed by atoms with E-state index in [-0.39, 0.29) is 22.7 Å². The number of nitro benzene ring substituents is 1. The molecule has 2 N–H and O–H groups in total. The Kier molecular flexibility index (Phi) is 7.41. The number of rotatable bonds is 9. The molecule has 3 aromatic carbocycles. The molecule has 0 radical (unpaired) electrons. The van der Waals surface area contributed by atoms with Crippen molar-refractivity contribution < 1.29 is 22.9 Å². The Morgan fingerprint density at radius 2 is 1.79 bits per heavy atom. The zero-order valence-corrected chi connectivity index (χ0v) is 18.8. The van der Waals surface area contributed by atoms with Crippen LogP contribution >= 0.6 is 0 Å². The minimum Gasteiger partial charge on any atom is -0.496 e. The number of hydrogen-bond acceptors (Lipinski definition) is 6. The summed E-state index contributed by atoms with van der Waals surface area (Å²) in [6.45, 7) is 1.72. The van der Waals surface area contributed by atoms with Gasteiger partial charge in [-0.15, -0.1) is 0 Å². The largest absolute Gasteiger partial charge is 0.496 e. The van der Waals surface area contributed by atoms with Crippen molar-refractivity contribution in [2.75, 3.05) is 12.4 Å². The summed E-state index contributed by atoms with van der Waals surface area (Å²) in [7, 11) is -2.57. The van der Waals surface area contributed by atoms with Crippen molar-refractivity contribution in [1.82, 2.24) is 4.72 Å². The number of nitro groups is 1. The van der Waals surface area contributed by atoms with Crippen molar-refractivity contribution in [3.63, 3.8) is 0 Å². The number of anilines is 1. The van der Waals surface area contributed by atoms with Gasteiger partial charge in [-0.25, -0.2) is 8.42 Å². The Bertz CT molecular complexity index is 1260. The maximum atomic E-state index is 13.1. The van der Waals surface area contributed by atoms with E-state index in [0.717, 1.165) is 5.56 Å². The number of aryl methyl sites for hydroxylation is 1. The van der Waals surface area contributed by atoms with Gasteiger partial charge in [0.2, 0.25) is 15.9 Å². The lowest BCUT2D eigenvalue weighted by atomic mass is 10.1. The smallest absolute Gasteiger partial charge is 0.271 e. The summed E-state index contributed by atoms with van der Waals surface area (Å²) in [5.74, 6) is -0.105. The van der Waals surface area contributed by atoms with E-state index in [1.165, 1.54) is 43.5 Å². The lowest BCUT2D eigenvalue weighted by Crippen LogP contribution is -2.45. The van der Waals surface area contributed by atoms with Gasteiger partial charge in [0, 0.05) is 17.8 Å². The molecule has 0 aromatic heterocycles. The van der Waals surface area contributed by atoms with E-state index in [1.807, 2.05) is 6.07 Å². The van der Waals surface area contributed by atoms with Gasteiger partial charge in [0.1, 0.15) is 11.8 Å². The maximum absolute atomic E-state index is 13.1. The highest BCUT2D eigenvalue weighted by Gasteiger charge is 2.27. The average Bonchev–Trinajstić information content (AvgIpc) is 2.79. The number of carbonyl (C=O) groups excluding carboxylic acids is 1. The Labute approximate surface area is 191 Å². The molecule has 0 fully saturated rings. The molecule has 0 saturated carbocycles. The lowest BCUT2D eigenvalue weighted by molar-refractivity contribution is -0.384. The maximum Gasteiger partial charge on any atom is 0.271 e. The van der Waals surface area contributed by atoms with Gasteiger partial charge in [0.15, 0.2) is 0 Å². The van der Waals surface area contributed by atoms with Crippen LogP contribution < -0.4 is 14.8 Å². The number of ether oxygens (including phenoxy) is 1. The van der Waals surface area contributed by atoms with Crippen LogP contribution in [0.15, 0.2) is 77.7 Å². The average molecular weight is 470 g/mol. The highest BCUT2D eigenvalue weighted by molar-refractivity contribution is 7.89. The minimum atomic E-state index is -4.06. The van der Waals surface area contributed by atoms with Crippen molar-refractivity contribution in [3.05, 3.63) is 94.0 Å². The molecule has 1 atom stereocenters. The first-order valence-corrected chi connectivity index (χ1v) is 11.4. The summed E-state index contributed by atoms with van der Waals surface area (Å²) in [6, 6.07) is 17.6. The number of amides is 1. The van der Waals surface area contributed by atoms with Gasteiger partial charge in [-0.1, -0.05) is 36.4 Å². The van der Waals surface area contributed by atoms with Crippen molar-refractivity contribution in [3.8, 4) is 5.75 Å². The van der Waals surface area contributed by atoms with Crippen LogP contribution in [0.2, 0.25) is 0 Å². The van der Waals surface area contributed by atoms with E-state index in [2.05, 4.69) is 10.0 Å². The van der Waals surface area contributed by atoms with E-state index in [0.29, 0.717) is 11.3 Å². The first-order chi connectivity index (χ1) is 15.7. The molecule has 3 rings (SSSR count). The van der Waals surface area contributed by atoms with Crippen LogP contribution in [0.1, 0.15) is 11.1 Å². The molecule has 0 heterocycles. The quantitative estimate of drug-likeness (QED) is 0.365. The third kappa shape index (κ3) is 6.15. The molecule has 172 valence electrons.